The van der Waals surface area contributed by atoms with Gasteiger partial charge in [-0.25, -0.2) is 4.39 Å². The Bertz CT molecular complexity index is 794. The van der Waals surface area contributed by atoms with Crippen molar-refractivity contribution in [3.05, 3.63) is 34.9 Å². The first-order valence-corrected chi connectivity index (χ1v) is 8.35. The van der Waals surface area contributed by atoms with Crippen LogP contribution in [0.3, 0.4) is 0 Å². The molecule has 1 heterocycles. The Kier molecular flexibility index (Phi) is 4.77. The van der Waals surface area contributed by atoms with Gasteiger partial charge in [0.1, 0.15) is 5.82 Å². The van der Waals surface area contributed by atoms with Crippen LogP contribution in [0.5, 0.6) is 0 Å². The highest BCUT2D eigenvalue weighted by Gasteiger charge is 2.24. The number of carbonyl (C=O) groups excluding carboxylic acids is 1. The summed E-state index contributed by atoms with van der Waals surface area (Å²) in [6.45, 7) is 0.868. The molecule has 1 amide bonds. The monoisotopic (exact) mass is 350 g/mol. The van der Waals surface area contributed by atoms with E-state index in [1.54, 1.807) is 21.4 Å². The summed E-state index contributed by atoms with van der Waals surface area (Å²) in [5.74, 6) is 0.441. The molecule has 0 aliphatic heterocycles. The number of likely N-dealkylation sites (N-methyl/N-ethyl adjacent to an activating group) is 1. The van der Waals surface area contributed by atoms with Crippen LogP contribution in [0.1, 0.15) is 12.8 Å². The first-order chi connectivity index (χ1) is 11.4. The van der Waals surface area contributed by atoms with Crippen LogP contribution < -0.4 is 10.2 Å². The molecule has 1 saturated carbocycles. The standard InChI is InChI=1S/C16H20FN5OS/c1-20(9-14(23)18-13-7-8-13)10-22-16(24)21(2)15(19-22)11-3-5-12(17)6-4-11/h3-6,13H,7-10H2,1-2H3,(H,18,23)/p+1. The molecule has 0 saturated heterocycles. The Labute approximate surface area is 144 Å². The molecule has 1 unspecified atom stereocenters. The van der Waals surface area contributed by atoms with E-state index in [0.29, 0.717) is 29.9 Å². The van der Waals surface area contributed by atoms with E-state index in [0.717, 1.165) is 23.3 Å². The smallest absolute Gasteiger partial charge is 0.275 e. The number of benzene rings is 1. The SMILES string of the molecule is Cn1c(-c2ccc(F)cc2)nn(C[NH+](C)CC(=O)NC2CC2)c1=S. The van der Waals surface area contributed by atoms with Gasteiger partial charge >= 0.3 is 0 Å². The maximum Gasteiger partial charge on any atom is 0.275 e. The Morgan fingerprint density at radius 1 is 1.42 bits per heavy atom. The van der Waals surface area contributed by atoms with Crippen LogP contribution in [-0.2, 0) is 18.5 Å². The molecule has 0 radical (unpaired) electrons. The van der Waals surface area contributed by atoms with Crippen molar-refractivity contribution in [3.8, 4) is 11.4 Å². The van der Waals surface area contributed by atoms with E-state index >= 15 is 0 Å². The van der Waals surface area contributed by atoms with E-state index in [9.17, 15) is 9.18 Å². The first-order valence-electron chi connectivity index (χ1n) is 7.94. The number of halogens is 1. The minimum Gasteiger partial charge on any atom is -0.348 e. The predicted octanol–water partition coefficient (Wildman–Crippen LogP) is 0.508. The number of nitrogens with one attached hydrogen (secondary N) is 2. The van der Waals surface area contributed by atoms with Gasteiger partial charge in [0.25, 0.3) is 5.91 Å². The number of nitrogens with zero attached hydrogens (tertiary/aromatic N) is 3. The molecular formula is C16H21FN5OS+. The number of amides is 1. The molecule has 6 nitrogen and oxygen atoms in total. The minimum atomic E-state index is -0.287. The van der Waals surface area contributed by atoms with Crippen molar-refractivity contribution in [1.29, 1.82) is 0 Å². The second-order valence-electron chi connectivity index (χ2n) is 6.31. The second-order valence-corrected chi connectivity index (χ2v) is 6.67. The van der Waals surface area contributed by atoms with Gasteiger partial charge in [-0.1, -0.05) is 0 Å². The number of hydrogen-bond acceptors (Lipinski definition) is 3. The van der Waals surface area contributed by atoms with Crippen molar-refractivity contribution in [3.63, 3.8) is 0 Å². The largest absolute Gasteiger partial charge is 0.348 e. The summed E-state index contributed by atoms with van der Waals surface area (Å²) < 4.78 is 17.1. The number of quaternary nitrogens is 1. The van der Waals surface area contributed by atoms with Crippen molar-refractivity contribution in [1.82, 2.24) is 19.7 Å². The summed E-state index contributed by atoms with van der Waals surface area (Å²) in [6, 6.07) is 6.52. The highest BCUT2D eigenvalue weighted by molar-refractivity contribution is 7.71. The Balaban J connectivity index is 1.71. The Hall–Kier alpha value is -2.06. The highest BCUT2D eigenvalue weighted by atomic mass is 32.1. The number of hydrogen-bond donors (Lipinski definition) is 2. The van der Waals surface area contributed by atoms with Crippen LogP contribution >= 0.6 is 12.2 Å². The maximum absolute atomic E-state index is 13.1. The summed E-state index contributed by atoms with van der Waals surface area (Å²) in [7, 11) is 3.76. The zero-order valence-corrected chi connectivity index (χ0v) is 14.6. The molecule has 2 N–H and O–H groups in total. The van der Waals surface area contributed by atoms with Gasteiger partial charge in [-0.2, -0.15) is 4.68 Å². The minimum absolute atomic E-state index is 0.0520. The first kappa shape index (κ1) is 16.8. The lowest BCUT2D eigenvalue weighted by molar-refractivity contribution is -0.895. The number of rotatable bonds is 6. The zero-order chi connectivity index (χ0) is 17.3. The van der Waals surface area contributed by atoms with Gasteiger partial charge in [0.15, 0.2) is 19.0 Å². The van der Waals surface area contributed by atoms with Crippen LogP contribution in [-0.4, -0.2) is 39.9 Å². The van der Waals surface area contributed by atoms with Crippen molar-refractivity contribution >= 4 is 18.1 Å². The molecule has 8 heteroatoms. The molecule has 0 spiro atoms. The van der Waals surface area contributed by atoms with Crippen LogP contribution in [0.25, 0.3) is 11.4 Å². The summed E-state index contributed by atoms with van der Waals surface area (Å²) in [4.78, 5) is 12.9. The quantitative estimate of drug-likeness (QED) is 0.747. The summed E-state index contributed by atoms with van der Waals surface area (Å²) in [5.41, 5.74) is 0.799. The van der Waals surface area contributed by atoms with Crippen LogP contribution in [0.2, 0.25) is 0 Å². The third kappa shape index (κ3) is 3.88. The average Bonchev–Trinajstić information content (AvgIpc) is 3.30. The van der Waals surface area contributed by atoms with E-state index in [1.165, 1.54) is 12.1 Å². The van der Waals surface area contributed by atoms with Gasteiger partial charge in [-0.3, -0.25) is 4.79 Å². The molecule has 1 aromatic heterocycles. The van der Waals surface area contributed by atoms with Gasteiger partial charge < -0.3 is 14.8 Å². The third-order valence-corrected chi connectivity index (χ3v) is 4.45. The second kappa shape index (κ2) is 6.82. The molecule has 0 bridgehead atoms. The van der Waals surface area contributed by atoms with E-state index in [4.69, 9.17) is 12.2 Å². The Morgan fingerprint density at radius 2 is 2.08 bits per heavy atom. The molecule has 1 fully saturated rings. The van der Waals surface area contributed by atoms with Crippen LogP contribution in [0, 0.1) is 10.6 Å². The fourth-order valence-corrected chi connectivity index (χ4v) is 2.73. The maximum atomic E-state index is 13.1. The van der Waals surface area contributed by atoms with Crippen LogP contribution in [0.15, 0.2) is 24.3 Å². The lowest BCUT2D eigenvalue weighted by Gasteiger charge is -2.13. The van der Waals surface area contributed by atoms with E-state index in [2.05, 4.69) is 10.4 Å². The zero-order valence-electron chi connectivity index (χ0n) is 13.8. The van der Waals surface area contributed by atoms with Crippen molar-refractivity contribution in [2.45, 2.75) is 25.6 Å². The normalized spacial score (nSPS) is 15.3. The summed E-state index contributed by atoms with van der Waals surface area (Å²) in [6.07, 6.45) is 2.16. The number of carbonyl (C=O) groups is 1. The van der Waals surface area contributed by atoms with Gasteiger partial charge in [0.2, 0.25) is 4.77 Å². The summed E-state index contributed by atoms with van der Waals surface area (Å²) in [5, 5.41) is 7.51. The predicted molar refractivity (Wildman–Crippen MR) is 90.3 cm³/mol. The molecule has 3 rings (SSSR count). The van der Waals surface area contributed by atoms with Crippen molar-refractivity contribution in [2.75, 3.05) is 13.6 Å². The van der Waals surface area contributed by atoms with Gasteiger partial charge in [0, 0.05) is 18.7 Å². The molecule has 1 aliphatic rings. The van der Waals surface area contributed by atoms with Crippen molar-refractivity contribution < 1.29 is 14.1 Å². The average molecular weight is 350 g/mol. The molecule has 1 aromatic carbocycles. The van der Waals surface area contributed by atoms with E-state index in [1.807, 2.05) is 14.1 Å². The number of aromatic nitrogens is 3. The molecule has 1 aliphatic carbocycles. The van der Waals surface area contributed by atoms with Gasteiger partial charge in [-0.05, 0) is 49.3 Å². The molecule has 2 aromatic rings. The summed E-state index contributed by atoms with van der Waals surface area (Å²) >= 11 is 5.43. The Morgan fingerprint density at radius 3 is 2.71 bits per heavy atom. The topological polar surface area (TPSA) is 56.3 Å². The highest BCUT2D eigenvalue weighted by Crippen LogP contribution is 2.18. The molecule has 128 valence electrons. The van der Waals surface area contributed by atoms with Gasteiger partial charge in [0.05, 0.1) is 7.05 Å². The van der Waals surface area contributed by atoms with E-state index < -0.39 is 0 Å². The third-order valence-electron chi connectivity index (χ3n) is 3.97. The lowest BCUT2D eigenvalue weighted by atomic mass is 10.2. The fraction of sp³-hybridized carbons (Fsp3) is 0.438. The van der Waals surface area contributed by atoms with Crippen molar-refractivity contribution in [2.24, 2.45) is 7.05 Å². The molecule has 24 heavy (non-hydrogen) atoms. The fourth-order valence-electron chi connectivity index (χ4n) is 2.53. The molecule has 1 atom stereocenters. The lowest BCUT2D eigenvalue weighted by Crippen LogP contribution is -3.09. The van der Waals surface area contributed by atoms with Gasteiger partial charge in [-0.15, -0.1) is 5.10 Å². The van der Waals surface area contributed by atoms with E-state index in [-0.39, 0.29) is 11.7 Å². The van der Waals surface area contributed by atoms with Crippen LogP contribution in [0.4, 0.5) is 4.39 Å². The molecular weight excluding hydrogens is 329 g/mol.